The molecule has 1 aliphatic rings. The number of nitrogens with zero attached hydrogens (tertiary/aromatic N) is 3. The van der Waals surface area contributed by atoms with Crippen molar-refractivity contribution >= 4 is 5.91 Å². The molecule has 0 radical (unpaired) electrons. The summed E-state index contributed by atoms with van der Waals surface area (Å²) in [6.45, 7) is 3.87. The van der Waals surface area contributed by atoms with Crippen molar-refractivity contribution in [3.8, 4) is 0 Å². The van der Waals surface area contributed by atoms with Crippen LogP contribution in [0.15, 0.2) is 36.7 Å². The number of morpholine rings is 1. The van der Waals surface area contributed by atoms with Crippen LogP contribution < -0.4 is 5.32 Å². The van der Waals surface area contributed by atoms with E-state index in [0.717, 1.165) is 41.3 Å². The molecule has 0 aliphatic carbocycles. The van der Waals surface area contributed by atoms with Gasteiger partial charge in [0, 0.05) is 25.8 Å². The molecule has 3 rings (SSSR count). The molecule has 2 aromatic rings. The molecule has 1 atom stereocenters. The second kappa shape index (κ2) is 8.74. The van der Waals surface area contributed by atoms with Crippen LogP contribution in [-0.4, -0.2) is 59.6 Å². The number of hydrogen-bond acceptors (Lipinski definition) is 4. The van der Waals surface area contributed by atoms with Crippen molar-refractivity contribution < 1.29 is 22.7 Å². The topological polar surface area (TPSA) is 59.4 Å². The van der Waals surface area contributed by atoms with Crippen molar-refractivity contribution in [3.63, 3.8) is 0 Å². The number of alkyl halides is 3. The van der Waals surface area contributed by atoms with Crippen molar-refractivity contribution in [1.29, 1.82) is 0 Å². The summed E-state index contributed by atoms with van der Waals surface area (Å²) < 4.78 is 43.5. The van der Waals surface area contributed by atoms with Crippen LogP contribution in [0.2, 0.25) is 0 Å². The lowest BCUT2D eigenvalue weighted by Gasteiger charge is -2.35. The van der Waals surface area contributed by atoms with Gasteiger partial charge in [0.2, 0.25) is 0 Å². The Morgan fingerprint density at radius 3 is 2.75 bits per heavy atom. The lowest BCUT2D eigenvalue weighted by molar-refractivity contribution is -0.142. The van der Waals surface area contributed by atoms with E-state index in [1.165, 1.54) is 0 Å². The minimum atomic E-state index is -4.38. The van der Waals surface area contributed by atoms with Crippen LogP contribution in [0.25, 0.3) is 0 Å². The second-order valence-corrected chi connectivity index (χ2v) is 6.83. The molecule has 1 saturated heterocycles. The summed E-state index contributed by atoms with van der Waals surface area (Å²) in [5.41, 5.74) is 2.31. The lowest BCUT2D eigenvalue weighted by Crippen LogP contribution is -2.43. The largest absolute Gasteiger partial charge is 0.408 e. The molecule has 28 heavy (non-hydrogen) atoms. The molecule has 1 N–H and O–H groups in total. The number of benzene rings is 1. The van der Waals surface area contributed by atoms with E-state index in [1.54, 1.807) is 0 Å². The standard InChI is InChI=1S/C19H23F3N4O2/c1-14-3-2-4-15(9-14)17(25-5-7-28-8-6-25)11-23-18(27)16-10-24-26(12-16)13-19(20,21)22/h2-4,9-10,12,17H,5-8,11,13H2,1H3,(H,23,27). The summed E-state index contributed by atoms with van der Waals surface area (Å²) >= 11 is 0. The van der Waals surface area contributed by atoms with Gasteiger partial charge in [-0.3, -0.25) is 14.4 Å². The summed E-state index contributed by atoms with van der Waals surface area (Å²) in [6.07, 6.45) is -2.12. The van der Waals surface area contributed by atoms with Gasteiger partial charge in [-0.05, 0) is 12.5 Å². The number of carbonyl (C=O) groups excluding carboxylic acids is 1. The predicted molar refractivity (Wildman–Crippen MR) is 96.9 cm³/mol. The van der Waals surface area contributed by atoms with Gasteiger partial charge in [-0.2, -0.15) is 18.3 Å². The first-order chi connectivity index (χ1) is 13.3. The van der Waals surface area contributed by atoms with Gasteiger partial charge >= 0.3 is 6.18 Å². The second-order valence-electron chi connectivity index (χ2n) is 6.83. The third kappa shape index (κ3) is 5.56. The van der Waals surface area contributed by atoms with Gasteiger partial charge in [-0.15, -0.1) is 0 Å². The summed E-state index contributed by atoms with van der Waals surface area (Å²) in [4.78, 5) is 14.7. The highest BCUT2D eigenvalue weighted by molar-refractivity contribution is 5.93. The van der Waals surface area contributed by atoms with Crippen LogP contribution in [-0.2, 0) is 11.3 Å². The molecular formula is C19H23F3N4O2. The summed E-state index contributed by atoms with van der Waals surface area (Å²) in [7, 11) is 0. The fourth-order valence-corrected chi connectivity index (χ4v) is 3.27. The van der Waals surface area contributed by atoms with Crippen molar-refractivity contribution in [3.05, 3.63) is 53.3 Å². The van der Waals surface area contributed by atoms with E-state index in [0.29, 0.717) is 19.8 Å². The molecule has 1 aliphatic heterocycles. The minimum absolute atomic E-state index is 0.0435. The van der Waals surface area contributed by atoms with Crippen LogP contribution in [0.5, 0.6) is 0 Å². The van der Waals surface area contributed by atoms with E-state index in [2.05, 4.69) is 21.4 Å². The smallest absolute Gasteiger partial charge is 0.379 e. The Bertz CT molecular complexity index is 800. The van der Waals surface area contributed by atoms with Crippen LogP contribution in [0.3, 0.4) is 0 Å². The van der Waals surface area contributed by atoms with E-state index in [9.17, 15) is 18.0 Å². The molecule has 152 valence electrons. The van der Waals surface area contributed by atoms with Crippen LogP contribution in [0, 0.1) is 6.92 Å². The summed E-state index contributed by atoms with van der Waals surface area (Å²) in [6, 6.07) is 8.03. The maximum absolute atomic E-state index is 12.5. The molecule has 9 heteroatoms. The Labute approximate surface area is 161 Å². The molecular weight excluding hydrogens is 373 g/mol. The van der Waals surface area contributed by atoms with E-state index in [4.69, 9.17) is 4.74 Å². The van der Waals surface area contributed by atoms with E-state index in [-0.39, 0.29) is 11.6 Å². The molecule has 0 bridgehead atoms. The Hall–Kier alpha value is -2.39. The van der Waals surface area contributed by atoms with E-state index >= 15 is 0 Å². The molecule has 1 aromatic carbocycles. The Kier molecular flexibility index (Phi) is 6.35. The average Bonchev–Trinajstić information content (AvgIpc) is 3.09. The summed E-state index contributed by atoms with van der Waals surface area (Å²) in [5.74, 6) is -0.445. The molecule has 2 heterocycles. The maximum Gasteiger partial charge on any atom is 0.408 e. The molecule has 6 nitrogen and oxygen atoms in total. The zero-order valence-corrected chi connectivity index (χ0v) is 15.6. The molecule has 1 unspecified atom stereocenters. The number of aryl methyl sites for hydroxylation is 1. The van der Waals surface area contributed by atoms with Gasteiger partial charge in [0.1, 0.15) is 6.54 Å². The lowest BCUT2D eigenvalue weighted by atomic mass is 10.0. The minimum Gasteiger partial charge on any atom is -0.379 e. The molecule has 1 aromatic heterocycles. The number of carbonyl (C=O) groups is 1. The Morgan fingerprint density at radius 1 is 1.32 bits per heavy atom. The summed E-state index contributed by atoms with van der Waals surface area (Å²) in [5, 5.41) is 6.45. The number of aromatic nitrogens is 2. The monoisotopic (exact) mass is 396 g/mol. The van der Waals surface area contributed by atoms with E-state index < -0.39 is 18.6 Å². The number of amides is 1. The molecule has 0 spiro atoms. The van der Waals surface area contributed by atoms with Crippen molar-refractivity contribution in [1.82, 2.24) is 20.0 Å². The first-order valence-electron chi connectivity index (χ1n) is 9.07. The fourth-order valence-electron chi connectivity index (χ4n) is 3.27. The number of halogens is 3. The van der Waals surface area contributed by atoms with E-state index in [1.807, 2.05) is 25.1 Å². The van der Waals surface area contributed by atoms with Crippen molar-refractivity contribution in [2.75, 3.05) is 32.8 Å². The highest BCUT2D eigenvalue weighted by atomic mass is 19.4. The third-order valence-corrected chi connectivity index (χ3v) is 4.61. The van der Waals surface area contributed by atoms with Gasteiger partial charge in [0.15, 0.2) is 0 Å². The first kappa shape index (κ1) is 20.3. The van der Waals surface area contributed by atoms with Gasteiger partial charge in [-0.1, -0.05) is 29.8 Å². The van der Waals surface area contributed by atoms with Gasteiger partial charge in [-0.25, -0.2) is 0 Å². The Morgan fingerprint density at radius 2 is 2.07 bits per heavy atom. The number of rotatable bonds is 6. The first-order valence-corrected chi connectivity index (χ1v) is 9.07. The number of ether oxygens (including phenoxy) is 1. The van der Waals surface area contributed by atoms with Crippen LogP contribution in [0.4, 0.5) is 13.2 Å². The predicted octanol–water partition coefficient (Wildman–Crippen LogP) is 2.56. The Balaban J connectivity index is 1.68. The maximum atomic E-state index is 12.5. The van der Waals surface area contributed by atoms with Crippen LogP contribution >= 0.6 is 0 Å². The van der Waals surface area contributed by atoms with Crippen LogP contribution in [0.1, 0.15) is 27.5 Å². The highest BCUT2D eigenvalue weighted by Gasteiger charge is 2.29. The average molecular weight is 396 g/mol. The SMILES string of the molecule is Cc1cccc(C(CNC(=O)c2cnn(CC(F)(F)F)c2)N2CCOCC2)c1. The third-order valence-electron chi connectivity index (χ3n) is 4.61. The zero-order chi connectivity index (χ0) is 20.1. The molecule has 1 fully saturated rings. The normalized spacial score (nSPS) is 16.7. The zero-order valence-electron chi connectivity index (χ0n) is 15.6. The van der Waals surface area contributed by atoms with Gasteiger partial charge in [0.25, 0.3) is 5.91 Å². The van der Waals surface area contributed by atoms with Gasteiger partial charge in [0.05, 0.1) is 31.0 Å². The van der Waals surface area contributed by atoms with Gasteiger partial charge < -0.3 is 10.1 Å². The number of nitrogens with one attached hydrogen (secondary N) is 1. The van der Waals surface area contributed by atoms with Crippen molar-refractivity contribution in [2.45, 2.75) is 25.7 Å². The highest BCUT2D eigenvalue weighted by Crippen LogP contribution is 2.22. The number of hydrogen-bond donors (Lipinski definition) is 1. The van der Waals surface area contributed by atoms with Crippen molar-refractivity contribution in [2.24, 2.45) is 0 Å². The quantitative estimate of drug-likeness (QED) is 0.815. The molecule has 0 saturated carbocycles. The molecule has 1 amide bonds. The fraction of sp³-hybridized carbons (Fsp3) is 0.474.